The van der Waals surface area contributed by atoms with Gasteiger partial charge in [-0.25, -0.2) is 0 Å². The third-order valence-electron chi connectivity index (χ3n) is 2.91. The van der Waals surface area contributed by atoms with Gasteiger partial charge < -0.3 is 15.8 Å². The van der Waals surface area contributed by atoms with Crippen molar-refractivity contribution >= 4 is 17.1 Å². The van der Waals surface area contributed by atoms with Crippen LogP contribution >= 0.6 is 0 Å². The van der Waals surface area contributed by atoms with Gasteiger partial charge in [-0.2, -0.15) is 0 Å². The number of anilines is 3. The zero-order chi connectivity index (χ0) is 13.0. The Labute approximate surface area is 108 Å². The Kier molecular flexibility index (Phi) is 3.72. The van der Waals surface area contributed by atoms with Crippen molar-refractivity contribution in [2.45, 2.75) is 13.3 Å². The molecule has 0 aromatic heterocycles. The van der Waals surface area contributed by atoms with Gasteiger partial charge in [-0.15, -0.1) is 0 Å². The molecule has 2 aromatic rings. The number of nitrogens with two attached hydrogens (primary N) is 1. The van der Waals surface area contributed by atoms with Gasteiger partial charge in [0.25, 0.3) is 0 Å². The lowest BCUT2D eigenvalue weighted by molar-refractivity contribution is 0.417. The second-order valence-corrected chi connectivity index (χ2v) is 4.09. The first-order valence-electron chi connectivity index (χ1n) is 6.03. The molecule has 0 bridgehead atoms. The molecule has 0 aliphatic carbocycles. The molecule has 0 aliphatic rings. The topological polar surface area (TPSA) is 47.3 Å². The van der Waals surface area contributed by atoms with Crippen LogP contribution in [0.25, 0.3) is 0 Å². The van der Waals surface area contributed by atoms with Gasteiger partial charge in [0.15, 0.2) is 0 Å². The van der Waals surface area contributed by atoms with E-state index in [1.807, 2.05) is 30.3 Å². The molecular weight excluding hydrogens is 224 g/mol. The van der Waals surface area contributed by atoms with E-state index in [1.54, 1.807) is 7.11 Å². The third kappa shape index (κ3) is 2.56. The lowest BCUT2D eigenvalue weighted by Crippen LogP contribution is -1.97. The molecule has 3 nitrogen and oxygen atoms in total. The van der Waals surface area contributed by atoms with Crippen molar-refractivity contribution in [2.24, 2.45) is 0 Å². The molecule has 0 atom stereocenters. The van der Waals surface area contributed by atoms with Crippen LogP contribution in [0, 0.1) is 0 Å². The Morgan fingerprint density at radius 3 is 2.67 bits per heavy atom. The fraction of sp³-hybridized carbons (Fsp3) is 0.200. The lowest BCUT2D eigenvalue weighted by Gasteiger charge is -2.12. The highest BCUT2D eigenvalue weighted by Gasteiger charge is 2.03. The number of para-hydroxylation sites is 1. The van der Waals surface area contributed by atoms with Gasteiger partial charge >= 0.3 is 0 Å². The summed E-state index contributed by atoms with van der Waals surface area (Å²) >= 11 is 0. The highest BCUT2D eigenvalue weighted by molar-refractivity contribution is 5.68. The Morgan fingerprint density at radius 2 is 1.94 bits per heavy atom. The van der Waals surface area contributed by atoms with Crippen LogP contribution in [-0.4, -0.2) is 7.11 Å². The largest absolute Gasteiger partial charge is 0.495 e. The molecule has 0 fully saturated rings. The quantitative estimate of drug-likeness (QED) is 0.805. The number of hydrogen-bond acceptors (Lipinski definition) is 3. The zero-order valence-electron chi connectivity index (χ0n) is 10.7. The van der Waals surface area contributed by atoms with Crippen molar-refractivity contribution in [3.8, 4) is 5.75 Å². The van der Waals surface area contributed by atoms with Gasteiger partial charge in [0.1, 0.15) is 5.75 Å². The van der Waals surface area contributed by atoms with E-state index in [0.717, 1.165) is 17.8 Å². The number of nitrogen functional groups attached to an aromatic ring is 1. The van der Waals surface area contributed by atoms with E-state index in [0.29, 0.717) is 11.4 Å². The number of hydrogen-bond donors (Lipinski definition) is 2. The summed E-state index contributed by atoms with van der Waals surface area (Å²) in [6, 6.07) is 14.0. The molecule has 0 saturated heterocycles. The number of rotatable bonds is 4. The lowest BCUT2D eigenvalue weighted by atomic mass is 10.1. The summed E-state index contributed by atoms with van der Waals surface area (Å²) in [7, 11) is 1.62. The van der Waals surface area contributed by atoms with E-state index in [4.69, 9.17) is 10.5 Å². The summed E-state index contributed by atoms with van der Waals surface area (Å²) in [5.74, 6) is 0.689. The monoisotopic (exact) mass is 242 g/mol. The molecular formula is C15H18N2O. The summed E-state index contributed by atoms with van der Waals surface area (Å²) in [5, 5.41) is 3.39. The molecule has 0 unspecified atom stereocenters. The Hall–Kier alpha value is -2.16. The summed E-state index contributed by atoms with van der Waals surface area (Å²) < 4.78 is 5.21. The predicted octanol–water partition coefficient (Wildman–Crippen LogP) is 3.58. The van der Waals surface area contributed by atoms with Crippen molar-refractivity contribution < 1.29 is 4.74 Å². The molecule has 0 spiro atoms. The molecule has 0 aliphatic heterocycles. The number of methoxy groups -OCH3 is 1. The minimum Gasteiger partial charge on any atom is -0.495 e. The SMILES string of the molecule is CCc1ccccc1Nc1ccc(N)c(OC)c1. The van der Waals surface area contributed by atoms with Crippen LogP contribution in [0.4, 0.5) is 17.1 Å². The van der Waals surface area contributed by atoms with Crippen molar-refractivity contribution in [1.29, 1.82) is 0 Å². The first-order chi connectivity index (χ1) is 8.74. The van der Waals surface area contributed by atoms with E-state index in [-0.39, 0.29) is 0 Å². The molecule has 18 heavy (non-hydrogen) atoms. The average Bonchev–Trinajstić information content (AvgIpc) is 2.41. The van der Waals surface area contributed by atoms with Gasteiger partial charge in [-0.05, 0) is 30.2 Å². The van der Waals surface area contributed by atoms with Crippen LogP contribution in [-0.2, 0) is 6.42 Å². The first-order valence-corrected chi connectivity index (χ1v) is 6.03. The van der Waals surface area contributed by atoms with E-state index in [1.165, 1.54) is 5.56 Å². The van der Waals surface area contributed by atoms with Crippen LogP contribution in [0.5, 0.6) is 5.75 Å². The summed E-state index contributed by atoms with van der Waals surface area (Å²) in [6.07, 6.45) is 0.995. The predicted molar refractivity (Wildman–Crippen MR) is 76.5 cm³/mol. The molecule has 2 aromatic carbocycles. The fourth-order valence-corrected chi connectivity index (χ4v) is 1.89. The van der Waals surface area contributed by atoms with Crippen LogP contribution in [0.1, 0.15) is 12.5 Å². The van der Waals surface area contributed by atoms with Crippen LogP contribution < -0.4 is 15.8 Å². The van der Waals surface area contributed by atoms with Crippen molar-refractivity contribution in [3.63, 3.8) is 0 Å². The van der Waals surface area contributed by atoms with Gasteiger partial charge in [0.05, 0.1) is 12.8 Å². The van der Waals surface area contributed by atoms with E-state index in [9.17, 15) is 0 Å². The van der Waals surface area contributed by atoms with Gasteiger partial charge in [-0.3, -0.25) is 0 Å². The second kappa shape index (κ2) is 5.45. The molecule has 0 heterocycles. The fourth-order valence-electron chi connectivity index (χ4n) is 1.89. The van der Waals surface area contributed by atoms with Crippen molar-refractivity contribution in [2.75, 3.05) is 18.2 Å². The average molecular weight is 242 g/mol. The van der Waals surface area contributed by atoms with Gasteiger partial charge in [-0.1, -0.05) is 25.1 Å². The highest BCUT2D eigenvalue weighted by Crippen LogP contribution is 2.28. The molecule has 0 amide bonds. The smallest absolute Gasteiger partial charge is 0.143 e. The Bertz CT molecular complexity index is 538. The highest BCUT2D eigenvalue weighted by atomic mass is 16.5. The summed E-state index contributed by atoms with van der Waals surface area (Å²) in [5.41, 5.74) is 9.82. The number of benzene rings is 2. The molecule has 94 valence electrons. The standard InChI is InChI=1S/C15H18N2O/c1-3-11-6-4-5-7-14(11)17-12-8-9-13(16)15(10-12)18-2/h4-10,17H,3,16H2,1-2H3. The number of nitrogens with one attached hydrogen (secondary N) is 1. The molecule has 0 saturated carbocycles. The van der Waals surface area contributed by atoms with Gasteiger partial charge in [0, 0.05) is 17.4 Å². The van der Waals surface area contributed by atoms with E-state index < -0.39 is 0 Å². The molecule has 3 N–H and O–H groups in total. The Morgan fingerprint density at radius 1 is 1.17 bits per heavy atom. The minimum atomic E-state index is 0.645. The molecule has 2 rings (SSSR count). The van der Waals surface area contributed by atoms with Gasteiger partial charge in [0.2, 0.25) is 0 Å². The first kappa shape index (κ1) is 12.3. The summed E-state index contributed by atoms with van der Waals surface area (Å²) in [4.78, 5) is 0. The van der Waals surface area contributed by atoms with Crippen LogP contribution in [0.2, 0.25) is 0 Å². The minimum absolute atomic E-state index is 0.645. The second-order valence-electron chi connectivity index (χ2n) is 4.09. The number of ether oxygens (including phenoxy) is 1. The van der Waals surface area contributed by atoms with Crippen LogP contribution in [0.15, 0.2) is 42.5 Å². The third-order valence-corrected chi connectivity index (χ3v) is 2.91. The van der Waals surface area contributed by atoms with E-state index >= 15 is 0 Å². The van der Waals surface area contributed by atoms with E-state index in [2.05, 4.69) is 24.4 Å². The maximum Gasteiger partial charge on any atom is 0.143 e. The Balaban J connectivity index is 2.28. The maximum atomic E-state index is 5.80. The van der Waals surface area contributed by atoms with Crippen LogP contribution in [0.3, 0.4) is 0 Å². The zero-order valence-corrected chi connectivity index (χ0v) is 10.7. The van der Waals surface area contributed by atoms with Crippen molar-refractivity contribution in [1.82, 2.24) is 0 Å². The van der Waals surface area contributed by atoms with Crippen molar-refractivity contribution in [3.05, 3.63) is 48.0 Å². The number of aryl methyl sites for hydroxylation is 1. The molecule has 3 heteroatoms. The normalized spacial score (nSPS) is 10.1. The maximum absolute atomic E-state index is 5.80. The molecule has 0 radical (unpaired) electrons. The summed E-state index contributed by atoms with van der Waals surface area (Å²) in [6.45, 7) is 2.14.